The van der Waals surface area contributed by atoms with E-state index in [1.807, 2.05) is 0 Å². The number of carbonyl (C=O) groups excluding carboxylic acids is 1. The minimum atomic E-state index is 0.0787. The maximum Gasteiger partial charge on any atom is 0.171 e. The summed E-state index contributed by atoms with van der Waals surface area (Å²) in [5.74, 6) is 0.637. The van der Waals surface area contributed by atoms with Crippen LogP contribution in [0.25, 0.3) is 0 Å². The number of thiophene rings is 1. The second kappa shape index (κ2) is 5.04. The van der Waals surface area contributed by atoms with Gasteiger partial charge in [0.25, 0.3) is 0 Å². The van der Waals surface area contributed by atoms with Gasteiger partial charge in [-0.05, 0) is 32.6 Å². The zero-order valence-electron chi connectivity index (χ0n) is 12.3. The van der Waals surface area contributed by atoms with E-state index >= 15 is 0 Å². The molecule has 20 heavy (non-hydrogen) atoms. The third kappa shape index (κ3) is 2.44. The van der Waals surface area contributed by atoms with E-state index in [2.05, 4.69) is 18.7 Å². The van der Waals surface area contributed by atoms with Crippen LogP contribution in [-0.2, 0) is 4.74 Å². The fraction of sp³-hybridized carbons (Fsp3) is 0.667. The highest BCUT2D eigenvalue weighted by atomic mass is 32.1. The number of hydrogen-bond acceptors (Lipinski definition) is 5. The van der Waals surface area contributed by atoms with Crippen molar-refractivity contribution in [2.45, 2.75) is 51.7 Å². The van der Waals surface area contributed by atoms with Gasteiger partial charge in [-0.15, -0.1) is 11.3 Å². The predicted octanol–water partition coefficient (Wildman–Crippen LogP) is 3.02. The highest BCUT2D eigenvalue weighted by Gasteiger charge is 2.35. The number of rotatable bonds is 3. The van der Waals surface area contributed by atoms with E-state index in [4.69, 9.17) is 10.5 Å². The molecule has 110 valence electrons. The Morgan fingerprint density at radius 1 is 1.30 bits per heavy atom. The second-order valence-electron chi connectivity index (χ2n) is 6.06. The van der Waals surface area contributed by atoms with Crippen LogP contribution in [0.4, 0.5) is 10.7 Å². The number of ketones is 1. The van der Waals surface area contributed by atoms with Gasteiger partial charge in [0.05, 0.1) is 27.8 Å². The second-order valence-corrected chi connectivity index (χ2v) is 7.06. The molecule has 2 fully saturated rings. The van der Waals surface area contributed by atoms with Gasteiger partial charge in [0.15, 0.2) is 5.78 Å². The molecular formula is C15H22N2O2S. The van der Waals surface area contributed by atoms with Crippen molar-refractivity contribution in [1.82, 2.24) is 0 Å². The van der Waals surface area contributed by atoms with Crippen LogP contribution in [0.3, 0.4) is 0 Å². The van der Waals surface area contributed by atoms with E-state index in [0.29, 0.717) is 5.92 Å². The number of anilines is 2. The van der Waals surface area contributed by atoms with Crippen LogP contribution in [0, 0.1) is 0 Å². The zero-order chi connectivity index (χ0) is 14.4. The fourth-order valence-electron chi connectivity index (χ4n) is 3.05. The van der Waals surface area contributed by atoms with Gasteiger partial charge in [-0.25, -0.2) is 0 Å². The molecule has 1 saturated heterocycles. The van der Waals surface area contributed by atoms with Gasteiger partial charge in [0.1, 0.15) is 0 Å². The lowest BCUT2D eigenvalue weighted by atomic mass is 10.1. The summed E-state index contributed by atoms with van der Waals surface area (Å²) in [6.07, 6.45) is 2.83. The Hall–Kier alpha value is -1.07. The molecule has 5 heteroatoms. The predicted molar refractivity (Wildman–Crippen MR) is 82.9 cm³/mol. The Kier molecular flexibility index (Phi) is 3.50. The van der Waals surface area contributed by atoms with Crippen molar-refractivity contribution in [2.75, 3.05) is 23.7 Å². The number of nitrogens with two attached hydrogens (primary N) is 1. The van der Waals surface area contributed by atoms with Crippen LogP contribution in [0.5, 0.6) is 0 Å². The van der Waals surface area contributed by atoms with Crippen LogP contribution in [0.2, 0.25) is 0 Å². The molecule has 1 aliphatic carbocycles. The molecular weight excluding hydrogens is 272 g/mol. The largest absolute Gasteiger partial charge is 0.397 e. The molecule has 1 aromatic rings. The molecule has 0 spiro atoms. The van der Waals surface area contributed by atoms with Crippen molar-refractivity contribution in [3.63, 3.8) is 0 Å². The van der Waals surface area contributed by atoms with Crippen LogP contribution in [0.1, 0.15) is 54.8 Å². The highest BCUT2D eigenvalue weighted by Crippen LogP contribution is 2.52. The van der Waals surface area contributed by atoms with Gasteiger partial charge in [-0.2, -0.15) is 0 Å². The molecule has 1 aromatic heterocycles. The van der Waals surface area contributed by atoms with Gasteiger partial charge in [-0.1, -0.05) is 0 Å². The van der Waals surface area contributed by atoms with Crippen LogP contribution < -0.4 is 10.6 Å². The van der Waals surface area contributed by atoms with E-state index in [9.17, 15) is 4.79 Å². The molecule has 2 atom stereocenters. The highest BCUT2D eigenvalue weighted by molar-refractivity contribution is 7.18. The molecule has 0 bridgehead atoms. The van der Waals surface area contributed by atoms with E-state index < -0.39 is 0 Å². The molecule has 0 radical (unpaired) electrons. The number of morpholine rings is 1. The number of Topliss-reactive ketones (excluding diaryl/α,β-unsaturated/α-hetero) is 1. The van der Waals surface area contributed by atoms with Crippen LogP contribution in [-0.4, -0.2) is 31.1 Å². The molecule has 0 aromatic carbocycles. The summed E-state index contributed by atoms with van der Waals surface area (Å²) in [5.41, 5.74) is 8.21. The van der Waals surface area contributed by atoms with Crippen molar-refractivity contribution in [2.24, 2.45) is 0 Å². The summed E-state index contributed by atoms with van der Waals surface area (Å²) >= 11 is 1.57. The Balaban J connectivity index is 1.99. The molecule has 2 heterocycles. The average Bonchev–Trinajstić information content (AvgIpc) is 3.11. The van der Waals surface area contributed by atoms with E-state index in [0.717, 1.165) is 23.7 Å². The average molecular weight is 294 g/mol. The standard InChI is InChI=1S/C15H22N2O2S/c1-8-6-17(7-9(2)19-8)15-12(11-4-5-11)13(16)14(20-15)10(3)18/h8-9,11H,4-7,16H2,1-3H3. The van der Waals surface area contributed by atoms with Crippen molar-refractivity contribution in [3.05, 3.63) is 10.4 Å². The van der Waals surface area contributed by atoms with Gasteiger partial charge < -0.3 is 15.4 Å². The van der Waals surface area contributed by atoms with Crippen LogP contribution >= 0.6 is 11.3 Å². The van der Waals surface area contributed by atoms with Gasteiger partial charge >= 0.3 is 0 Å². The normalized spacial score (nSPS) is 26.9. The van der Waals surface area contributed by atoms with Crippen molar-refractivity contribution in [3.8, 4) is 0 Å². The minimum Gasteiger partial charge on any atom is -0.397 e. The number of ether oxygens (including phenoxy) is 1. The summed E-state index contributed by atoms with van der Waals surface area (Å²) < 4.78 is 5.80. The first-order valence-corrected chi connectivity index (χ1v) is 8.12. The number of nitrogens with zero attached hydrogens (tertiary/aromatic N) is 1. The molecule has 1 saturated carbocycles. The monoisotopic (exact) mass is 294 g/mol. The topological polar surface area (TPSA) is 55.6 Å². The third-order valence-electron chi connectivity index (χ3n) is 3.98. The quantitative estimate of drug-likeness (QED) is 0.871. The minimum absolute atomic E-state index is 0.0787. The van der Waals surface area contributed by atoms with Crippen LogP contribution in [0.15, 0.2) is 0 Å². The molecule has 2 unspecified atom stereocenters. The van der Waals surface area contributed by atoms with E-state index in [-0.39, 0.29) is 18.0 Å². The van der Waals surface area contributed by atoms with Crippen molar-refractivity contribution in [1.29, 1.82) is 0 Å². The number of carbonyl (C=O) groups is 1. The maximum atomic E-state index is 11.8. The van der Waals surface area contributed by atoms with Gasteiger partial charge in [-0.3, -0.25) is 4.79 Å². The fourth-order valence-corrected chi connectivity index (χ4v) is 4.27. The Bertz CT molecular complexity index is 526. The van der Waals surface area contributed by atoms with Gasteiger partial charge in [0.2, 0.25) is 0 Å². The van der Waals surface area contributed by atoms with Crippen molar-refractivity contribution >= 4 is 27.8 Å². The Morgan fingerprint density at radius 3 is 2.40 bits per heavy atom. The van der Waals surface area contributed by atoms with E-state index in [1.165, 1.54) is 23.4 Å². The van der Waals surface area contributed by atoms with Crippen molar-refractivity contribution < 1.29 is 9.53 Å². The first-order valence-electron chi connectivity index (χ1n) is 7.30. The SMILES string of the molecule is CC(=O)c1sc(N2CC(C)OC(C)C2)c(C2CC2)c1N. The molecule has 2 aliphatic rings. The molecule has 1 aliphatic heterocycles. The zero-order valence-corrected chi connectivity index (χ0v) is 13.1. The molecule has 4 nitrogen and oxygen atoms in total. The molecule has 3 rings (SSSR count). The first kappa shape index (κ1) is 13.9. The summed E-state index contributed by atoms with van der Waals surface area (Å²) in [4.78, 5) is 14.9. The summed E-state index contributed by atoms with van der Waals surface area (Å²) in [5, 5.41) is 1.21. The lowest BCUT2D eigenvalue weighted by molar-refractivity contribution is -0.00504. The summed E-state index contributed by atoms with van der Waals surface area (Å²) in [6.45, 7) is 7.56. The van der Waals surface area contributed by atoms with Gasteiger partial charge in [0, 0.05) is 25.6 Å². The summed E-state index contributed by atoms with van der Waals surface area (Å²) in [6, 6.07) is 0. The number of hydrogen-bond donors (Lipinski definition) is 1. The first-order chi connectivity index (χ1) is 9.47. The number of nitrogen functional groups attached to an aromatic ring is 1. The smallest absolute Gasteiger partial charge is 0.171 e. The summed E-state index contributed by atoms with van der Waals surface area (Å²) in [7, 11) is 0. The molecule has 2 N–H and O–H groups in total. The lowest BCUT2D eigenvalue weighted by Gasteiger charge is -2.36. The Morgan fingerprint density at radius 2 is 1.90 bits per heavy atom. The maximum absolute atomic E-state index is 11.8. The molecule has 0 amide bonds. The third-order valence-corrected chi connectivity index (χ3v) is 5.36. The Labute approximate surface area is 123 Å². The lowest BCUT2D eigenvalue weighted by Crippen LogP contribution is -2.45. The van der Waals surface area contributed by atoms with E-state index in [1.54, 1.807) is 18.3 Å².